The van der Waals surface area contributed by atoms with Crippen LogP contribution in [0.25, 0.3) is 0 Å². The molecule has 0 heterocycles. The zero-order valence-electron chi connectivity index (χ0n) is 11.3. The summed E-state index contributed by atoms with van der Waals surface area (Å²) >= 11 is 0.384. The summed E-state index contributed by atoms with van der Waals surface area (Å²) in [5.74, 6) is 0.771. The fourth-order valence-corrected chi connectivity index (χ4v) is 2.47. The maximum Gasteiger partial charge on any atom is 0.226 e. The zero-order chi connectivity index (χ0) is 13.8. The first-order valence-corrected chi connectivity index (χ1v) is 6.84. The highest BCUT2D eigenvalue weighted by Gasteiger charge is 2.10. The van der Waals surface area contributed by atoms with Crippen molar-refractivity contribution in [3.63, 3.8) is 0 Å². The molecule has 0 N–H and O–H groups in total. The third kappa shape index (κ3) is 3.12. The normalized spacial score (nSPS) is 10.1. The largest absolute Gasteiger partial charge is 0.442 e. The fourth-order valence-electron chi connectivity index (χ4n) is 2.12. The third-order valence-corrected chi connectivity index (χ3v) is 3.36. The van der Waals surface area contributed by atoms with E-state index < -0.39 is 0 Å². The molecule has 98 valence electrons. The van der Waals surface area contributed by atoms with E-state index in [0.717, 1.165) is 22.4 Å². The lowest BCUT2D eigenvalue weighted by Gasteiger charge is -2.13. The molecule has 2 rings (SSSR count). The fraction of sp³-hybridized carbons (Fsp3) is 0.188. The molecule has 0 amide bonds. The van der Waals surface area contributed by atoms with Crippen LogP contribution in [0.4, 0.5) is 0 Å². The Hall–Kier alpha value is -1.87. The first kappa shape index (κ1) is 13.6. The molecule has 0 spiro atoms. The van der Waals surface area contributed by atoms with Crippen molar-refractivity contribution in [2.45, 2.75) is 20.8 Å². The molecule has 0 aromatic heterocycles. The molecule has 2 aromatic carbocycles. The van der Waals surface area contributed by atoms with E-state index in [9.17, 15) is 4.21 Å². The van der Waals surface area contributed by atoms with Crippen LogP contribution in [0.15, 0.2) is 42.5 Å². The average Bonchev–Trinajstić information content (AvgIpc) is 2.39. The SMILES string of the molecule is Cc1cc(C)c(OC(=S=O)c2ccccc2)c(C)c1. The van der Waals surface area contributed by atoms with E-state index in [2.05, 4.69) is 12.1 Å². The summed E-state index contributed by atoms with van der Waals surface area (Å²) in [6.45, 7) is 6.04. The summed E-state index contributed by atoms with van der Waals surface area (Å²) in [7, 11) is 0. The Morgan fingerprint density at radius 3 is 2.11 bits per heavy atom. The minimum atomic E-state index is 0.384. The highest BCUT2D eigenvalue weighted by molar-refractivity contribution is 7.66. The number of rotatable bonds is 2. The molecule has 0 saturated heterocycles. The van der Waals surface area contributed by atoms with Gasteiger partial charge in [0.05, 0.1) is 0 Å². The van der Waals surface area contributed by atoms with E-state index in [4.69, 9.17) is 4.74 Å². The highest BCUT2D eigenvalue weighted by atomic mass is 32.1. The molecule has 0 radical (unpaired) electrons. The van der Waals surface area contributed by atoms with Crippen molar-refractivity contribution in [2.24, 2.45) is 0 Å². The number of ether oxygens (including phenoxy) is 1. The zero-order valence-corrected chi connectivity index (χ0v) is 12.1. The van der Waals surface area contributed by atoms with Gasteiger partial charge in [0, 0.05) is 5.56 Å². The third-order valence-electron chi connectivity index (χ3n) is 2.88. The van der Waals surface area contributed by atoms with Gasteiger partial charge in [-0.3, -0.25) is 0 Å². The summed E-state index contributed by atoms with van der Waals surface area (Å²) in [5.41, 5.74) is 4.08. The second-order valence-electron chi connectivity index (χ2n) is 4.57. The Balaban J connectivity index is 2.38. The predicted molar refractivity (Wildman–Crippen MR) is 80.0 cm³/mol. The molecule has 0 atom stereocenters. The van der Waals surface area contributed by atoms with E-state index >= 15 is 0 Å². The van der Waals surface area contributed by atoms with Crippen LogP contribution >= 0.6 is 0 Å². The molecule has 0 aliphatic rings. The van der Waals surface area contributed by atoms with E-state index in [1.165, 1.54) is 5.56 Å². The van der Waals surface area contributed by atoms with Crippen molar-refractivity contribution in [3.8, 4) is 5.75 Å². The summed E-state index contributed by atoms with van der Waals surface area (Å²) in [6.07, 6.45) is 0. The van der Waals surface area contributed by atoms with E-state index in [1.54, 1.807) is 0 Å². The van der Waals surface area contributed by atoms with Gasteiger partial charge in [-0.2, -0.15) is 0 Å². The lowest BCUT2D eigenvalue weighted by molar-refractivity contribution is 0.554. The molecule has 0 bridgehead atoms. The van der Waals surface area contributed by atoms with Gasteiger partial charge >= 0.3 is 0 Å². The van der Waals surface area contributed by atoms with Gasteiger partial charge in [0.1, 0.15) is 17.0 Å². The van der Waals surface area contributed by atoms with Gasteiger partial charge in [-0.25, -0.2) is 4.21 Å². The molecule has 19 heavy (non-hydrogen) atoms. The van der Waals surface area contributed by atoms with Crippen molar-refractivity contribution in [1.82, 2.24) is 0 Å². The highest BCUT2D eigenvalue weighted by Crippen LogP contribution is 2.25. The van der Waals surface area contributed by atoms with Crippen LogP contribution in [0.3, 0.4) is 0 Å². The second kappa shape index (κ2) is 5.85. The van der Waals surface area contributed by atoms with E-state index in [0.29, 0.717) is 16.3 Å². The van der Waals surface area contributed by atoms with Crippen LogP contribution in [-0.4, -0.2) is 9.26 Å². The van der Waals surface area contributed by atoms with Gasteiger partial charge in [-0.1, -0.05) is 48.0 Å². The number of benzene rings is 2. The van der Waals surface area contributed by atoms with Gasteiger partial charge in [0.25, 0.3) is 0 Å². The molecule has 0 fully saturated rings. The average molecular weight is 272 g/mol. The van der Waals surface area contributed by atoms with Crippen molar-refractivity contribution in [1.29, 1.82) is 0 Å². The minimum Gasteiger partial charge on any atom is -0.442 e. The maximum atomic E-state index is 11.3. The lowest BCUT2D eigenvalue weighted by atomic mass is 10.1. The number of hydrogen-bond acceptors (Lipinski definition) is 2. The Morgan fingerprint density at radius 1 is 1.00 bits per heavy atom. The van der Waals surface area contributed by atoms with Crippen molar-refractivity contribution in [2.75, 3.05) is 0 Å². The van der Waals surface area contributed by atoms with Crippen LogP contribution in [0.5, 0.6) is 5.75 Å². The molecule has 0 aliphatic carbocycles. The quantitative estimate of drug-likeness (QED) is 0.783. The first-order chi connectivity index (χ1) is 9.11. The smallest absolute Gasteiger partial charge is 0.226 e. The second-order valence-corrected chi connectivity index (χ2v) is 5.10. The van der Waals surface area contributed by atoms with Gasteiger partial charge in [-0.05, 0) is 31.9 Å². The molecule has 2 aromatic rings. The summed E-state index contributed by atoms with van der Waals surface area (Å²) < 4.78 is 17.1. The molecule has 0 aliphatic heterocycles. The summed E-state index contributed by atoms with van der Waals surface area (Å²) in [5, 5.41) is 0.385. The van der Waals surface area contributed by atoms with Crippen LogP contribution in [0.2, 0.25) is 0 Å². The van der Waals surface area contributed by atoms with Crippen LogP contribution in [0, 0.1) is 20.8 Å². The van der Waals surface area contributed by atoms with Crippen molar-refractivity contribution in [3.05, 3.63) is 64.7 Å². The summed E-state index contributed by atoms with van der Waals surface area (Å²) in [4.78, 5) is 0. The molecular weight excluding hydrogens is 256 g/mol. The van der Waals surface area contributed by atoms with Gasteiger partial charge in [0.2, 0.25) is 5.05 Å². The van der Waals surface area contributed by atoms with Gasteiger partial charge < -0.3 is 4.74 Å². The monoisotopic (exact) mass is 272 g/mol. The topological polar surface area (TPSA) is 26.3 Å². The predicted octanol–water partition coefficient (Wildman–Crippen LogP) is 3.38. The molecular formula is C16H16O2S. The Bertz CT molecular complexity index is 618. The maximum absolute atomic E-state index is 11.3. The molecule has 3 heteroatoms. The van der Waals surface area contributed by atoms with E-state index in [-0.39, 0.29) is 0 Å². The lowest BCUT2D eigenvalue weighted by Crippen LogP contribution is -2.11. The Morgan fingerprint density at radius 2 is 1.58 bits per heavy atom. The van der Waals surface area contributed by atoms with Crippen LogP contribution in [-0.2, 0) is 11.3 Å². The minimum absolute atomic E-state index is 0.384. The molecule has 0 saturated carbocycles. The number of hydrogen-bond donors (Lipinski definition) is 0. The van der Waals surface area contributed by atoms with Crippen LogP contribution in [0.1, 0.15) is 22.3 Å². The van der Waals surface area contributed by atoms with Gasteiger partial charge in [-0.15, -0.1) is 0 Å². The number of aryl methyl sites for hydroxylation is 3. The van der Waals surface area contributed by atoms with Gasteiger partial charge in [0.15, 0.2) is 0 Å². The van der Waals surface area contributed by atoms with E-state index in [1.807, 2.05) is 51.1 Å². The van der Waals surface area contributed by atoms with Crippen molar-refractivity contribution >= 4 is 16.3 Å². The summed E-state index contributed by atoms with van der Waals surface area (Å²) in [6, 6.07) is 13.6. The Labute approximate surface area is 117 Å². The first-order valence-electron chi connectivity index (χ1n) is 6.09. The van der Waals surface area contributed by atoms with Crippen LogP contribution < -0.4 is 4.74 Å². The Kier molecular flexibility index (Phi) is 4.17. The standard InChI is InChI=1S/C16H16O2S/c1-11-9-12(2)15(13(3)10-11)18-16(19-17)14-7-5-4-6-8-14/h4-10H,1-3H3. The molecule has 0 unspecified atom stereocenters. The van der Waals surface area contributed by atoms with Crippen molar-refractivity contribution < 1.29 is 8.95 Å². The molecule has 2 nitrogen and oxygen atoms in total.